The first-order chi connectivity index (χ1) is 11.1. The Labute approximate surface area is 144 Å². The van der Waals surface area contributed by atoms with Crippen LogP contribution in [0.4, 0.5) is 0 Å². The molecule has 0 saturated carbocycles. The normalized spacial score (nSPS) is 10.2. The number of nitrogens with one attached hydrogen (secondary N) is 1. The molecule has 0 aliphatic heterocycles. The van der Waals surface area contributed by atoms with Crippen LogP contribution in [0.3, 0.4) is 0 Å². The summed E-state index contributed by atoms with van der Waals surface area (Å²) in [5.41, 5.74) is 1.57. The molecule has 4 nitrogen and oxygen atoms in total. The molecular formula is C18H18BrNO3. The average Bonchev–Trinajstić information content (AvgIpc) is 2.58. The van der Waals surface area contributed by atoms with Crippen molar-refractivity contribution in [2.24, 2.45) is 0 Å². The second-order valence-corrected chi connectivity index (χ2v) is 5.97. The number of amides is 1. The number of rotatable bonds is 7. The molecule has 2 aromatic rings. The van der Waals surface area contributed by atoms with Crippen LogP contribution in [0.25, 0.3) is 0 Å². The van der Waals surface area contributed by atoms with Gasteiger partial charge in [0.2, 0.25) is 5.91 Å². The maximum absolute atomic E-state index is 12.0. The van der Waals surface area contributed by atoms with Gasteiger partial charge in [-0.25, -0.2) is 0 Å². The van der Waals surface area contributed by atoms with Gasteiger partial charge in [0.05, 0.1) is 7.11 Å². The van der Waals surface area contributed by atoms with E-state index in [4.69, 9.17) is 4.74 Å². The number of hydrogen-bond donors (Lipinski definition) is 1. The molecule has 5 heteroatoms. The second kappa shape index (κ2) is 8.48. The Morgan fingerprint density at radius 3 is 2.52 bits per heavy atom. The molecule has 0 saturated heterocycles. The third-order valence-electron chi connectivity index (χ3n) is 3.37. The summed E-state index contributed by atoms with van der Waals surface area (Å²) in [6.45, 7) is 0.419. The van der Waals surface area contributed by atoms with Crippen LogP contribution in [-0.2, 0) is 11.3 Å². The smallest absolute Gasteiger partial charge is 0.220 e. The number of carbonyl (C=O) groups excluding carboxylic acids is 2. The Bertz CT molecular complexity index is 683. The van der Waals surface area contributed by atoms with Crippen molar-refractivity contribution in [1.82, 2.24) is 5.32 Å². The minimum absolute atomic E-state index is 0.0333. The van der Waals surface area contributed by atoms with Crippen molar-refractivity contribution in [2.45, 2.75) is 19.4 Å². The molecule has 0 radical (unpaired) electrons. The van der Waals surface area contributed by atoms with Crippen molar-refractivity contribution in [3.05, 3.63) is 64.1 Å². The van der Waals surface area contributed by atoms with Crippen LogP contribution in [0, 0.1) is 0 Å². The zero-order valence-corrected chi connectivity index (χ0v) is 14.4. The van der Waals surface area contributed by atoms with Gasteiger partial charge in [0.25, 0.3) is 0 Å². The van der Waals surface area contributed by atoms with Gasteiger partial charge in [-0.05, 0) is 29.8 Å². The van der Waals surface area contributed by atoms with Gasteiger partial charge in [0, 0.05) is 29.4 Å². The van der Waals surface area contributed by atoms with Gasteiger partial charge >= 0.3 is 0 Å². The van der Waals surface area contributed by atoms with E-state index < -0.39 is 0 Å². The first-order valence-electron chi connectivity index (χ1n) is 7.27. The Kier molecular flexibility index (Phi) is 6.35. The third kappa shape index (κ3) is 5.53. The largest absolute Gasteiger partial charge is 0.497 e. The fourth-order valence-electron chi connectivity index (χ4n) is 2.08. The highest BCUT2D eigenvalue weighted by molar-refractivity contribution is 9.10. The number of ether oxygens (including phenoxy) is 1. The highest BCUT2D eigenvalue weighted by Crippen LogP contribution is 2.13. The van der Waals surface area contributed by atoms with Gasteiger partial charge in [-0.15, -0.1) is 0 Å². The summed E-state index contributed by atoms with van der Waals surface area (Å²) in [5.74, 6) is 0.578. The molecule has 1 amide bonds. The van der Waals surface area contributed by atoms with Gasteiger partial charge in [-0.3, -0.25) is 9.59 Å². The van der Waals surface area contributed by atoms with E-state index in [-0.39, 0.29) is 24.5 Å². The Morgan fingerprint density at radius 2 is 1.83 bits per heavy atom. The van der Waals surface area contributed by atoms with Crippen LogP contribution >= 0.6 is 15.9 Å². The number of hydrogen-bond acceptors (Lipinski definition) is 3. The van der Waals surface area contributed by atoms with Crippen molar-refractivity contribution < 1.29 is 14.3 Å². The number of ketones is 1. The fraction of sp³-hybridized carbons (Fsp3) is 0.222. The van der Waals surface area contributed by atoms with Crippen molar-refractivity contribution in [3.63, 3.8) is 0 Å². The van der Waals surface area contributed by atoms with Gasteiger partial charge < -0.3 is 10.1 Å². The maximum Gasteiger partial charge on any atom is 0.220 e. The molecule has 0 aromatic heterocycles. The van der Waals surface area contributed by atoms with Crippen molar-refractivity contribution >= 4 is 27.6 Å². The summed E-state index contributed by atoms with van der Waals surface area (Å²) in [6, 6.07) is 14.6. The van der Waals surface area contributed by atoms with Crippen LogP contribution in [0.5, 0.6) is 5.75 Å². The first kappa shape index (κ1) is 17.2. The lowest BCUT2D eigenvalue weighted by atomic mass is 10.1. The molecule has 0 heterocycles. The van der Waals surface area contributed by atoms with Crippen molar-refractivity contribution in [3.8, 4) is 5.75 Å². The first-order valence-corrected chi connectivity index (χ1v) is 8.06. The molecule has 0 spiro atoms. The van der Waals surface area contributed by atoms with E-state index in [1.807, 2.05) is 36.4 Å². The SMILES string of the molecule is COc1cccc(CNC(=O)CCC(=O)c2ccc(Br)cc2)c1. The van der Waals surface area contributed by atoms with E-state index in [2.05, 4.69) is 21.2 Å². The third-order valence-corrected chi connectivity index (χ3v) is 3.90. The minimum Gasteiger partial charge on any atom is -0.497 e. The van der Waals surface area contributed by atoms with Crippen molar-refractivity contribution in [1.29, 1.82) is 0 Å². The standard InChI is InChI=1S/C18H18BrNO3/c1-23-16-4-2-3-13(11-16)12-20-18(22)10-9-17(21)14-5-7-15(19)8-6-14/h2-8,11H,9-10,12H2,1H3,(H,20,22). The van der Waals surface area contributed by atoms with Crippen LogP contribution in [0.1, 0.15) is 28.8 Å². The number of methoxy groups -OCH3 is 1. The summed E-state index contributed by atoms with van der Waals surface area (Å²) in [6.07, 6.45) is 0.379. The average molecular weight is 376 g/mol. The lowest BCUT2D eigenvalue weighted by Gasteiger charge is -2.07. The van der Waals surface area contributed by atoms with Gasteiger partial charge in [0.1, 0.15) is 5.75 Å². The van der Waals surface area contributed by atoms with E-state index in [9.17, 15) is 9.59 Å². The van der Waals surface area contributed by atoms with Crippen LogP contribution in [0.2, 0.25) is 0 Å². The predicted octanol–water partition coefficient (Wildman–Crippen LogP) is 3.74. The van der Waals surface area contributed by atoms with Gasteiger partial charge in [-0.2, -0.15) is 0 Å². The summed E-state index contributed by atoms with van der Waals surface area (Å²) < 4.78 is 6.06. The highest BCUT2D eigenvalue weighted by Gasteiger charge is 2.09. The zero-order valence-electron chi connectivity index (χ0n) is 12.8. The summed E-state index contributed by atoms with van der Waals surface area (Å²) >= 11 is 3.33. The molecule has 2 aromatic carbocycles. The molecule has 0 aliphatic rings. The minimum atomic E-state index is -0.140. The molecule has 0 bridgehead atoms. The van der Waals surface area contributed by atoms with Gasteiger partial charge in [-0.1, -0.05) is 40.2 Å². The second-order valence-electron chi connectivity index (χ2n) is 5.06. The van der Waals surface area contributed by atoms with E-state index in [0.29, 0.717) is 12.1 Å². The molecule has 0 atom stereocenters. The van der Waals surface area contributed by atoms with Crippen LogP contribution in [-0.4, -0.2) is 18.8 Å². The molecule has 0 fully saturated rings. The monoisotopic (exact) mass is 375 g/mol. The lowest BCUT2D eigenvalue weighted by molar-refractivity contribution is -0.121. The highest BCUT2D eigenvalue weighted by atomic mass is 79.9. The molecule has 2 rings (SSSR count). The summed E-state index contributed by atoms with van der Waals surface area (Å²) in [7, 11) is 1.60. The van der Waals surface area contributed by atoms with E-state index in [1.54, 1.807) is 19.2 Å². The van der Waals surface area contributed by atoms with Crippen LogP contribution < -0.4 is 10.1 Å². The zero-order chi connectivity index (χ0) is 16.7. The van der Waals surface area contributed by atoms with E-state index in [1.165, 1.54) is 0 Å². The predicted molar refractivity (Wildman–Crippen MR) is 92.5 cm³/mol. The van der Waals surface area contributed by atoms with Crippen molar-refractivity contribution in [2.75, 3.05) is 7.11 Å². The van der Waals surface area contributed by atoms with Gasteiger partial charge in [0.15, 0.2) is 5.78 Å². The number of Topliss-reactive ketones (excluding diaryl/α,β-unsaturated/α-hetero) is 1. The molecule has 0 aliphatic carbocycles. The molecule has 120 valence electrons. The van der Waals surface area contributed by atoms with E-state index >= 15 is 0 Å². The quantitative estimate of drug-likeness (QED) is 0.749. The maximum atomic E-state index is 12.0. The fourth-order valence-corrected chi connectivity index (χ4v) is 2.34. The Hall–Kier alpha value is -2.14. The van der Waals surface area contributed by atoms with E-state index in [0.717, 1.165) is 15.8 Å². The van der Waals surface area contributed by atoms with Crippen LogP contribution in [0.15, 0.2) is 53.0 Å². The molecule has 1 N–H and O–H groups in total. The molecule has 0 unspecified atom stereocenters. The number of halogens is 1. The Balaban J connectivity index is 1.78. The summed E-state index contributed by atoms with van der Waals surface area (Å²) in [4.78, 5) is 23.9. The number of carbonyl (C=O) groups is 2. The number of benzene rings is 2. The Morgan fingerprint density at radius 1 is 1.09 bits per heavy atom. The lowest BCUT2D eigenvalue weighted by Crippen LogP contribution is -2.23. The summed E-state index contributed by atoms with van der Waals surface area (Å²) in [5, 5.41) is 2.81. The topological polar surface area (TPSA) is 55.4 Å². The molecule has 23 heavy (non-hydrogen) atoms. The molecular weight excluding hydrogens is 358 g/mol.